The summed E-state index contributed by atoms with van der Waals surface area (Å²) in [6.07, 6.45) is 4.80. The lowest BCUT2D eigenvalue weighted by atomic mass is 9.98. The molecule has 1 saturated carbocycles. The number of hydrogen-bond donors (Lipinski definition) is 1. The number of carbonyl (C=O) groups excluding carboxylic acids is 2. The van der Waals surface area contributed by atoms with E-state index in [0.29, 0.717) is 12.2 Å². The highest BCUT2D eigenvalue weighted by Crippen LogP contribution is 2.33. The number of nitrogens with zero attached hydrogens (tertiary/aromatic N) is 3. The zero-order valence-electron chi connectivity index (χ0n) is 18.2. The van der Waals surface area contributed by atoms with Crippen molar-refractivity contribution in [1.29, 1.82) is 0 Å². The van der Waals surface area contributed by atoms with Crippen molar-refractivity contribution in [2.75, 3.05) is 0 Å². The van der Waals surface area contributed by atoms with Crippen LogP contribution in [0.15, 0.2) is 60.0 Å². The minimum atomic E-state index is -0.720. The standard InChI is InChI=1S/C25H28N4O2S/c1-2-18-12-14-20(15-13-18)23(24(30)26-16-19-8-4-3-5-9-19)29(21-10-6-7-11-21)25(31)22-17-32-28-27-22/h3-5,8-9,12-15,17,21,23H,2,6-7,10-11,16H2,1H3,(H,26,30)/t23-/m0/s1. The summed E-state index contributed by atoms with van der Waals surface area (Å²) < 4.78 is 3.87. The Bertz CT molecular complexity index is 1020. The molecule has 1 fully saturated rings. The molecule has 1 aromatic heterocycles. The van der Waals surface area contributed by atoms with E-state index >= 15 is 0 Å². The van der Waals surface area contributed by atoms with Crippen LogP contribution >= 0.6 is 11.5 Å². The van der Waals surface area contributed by atoms with Gasteiger partial charge in [0.15, 0.2) is 5.69 Å². The Labute approximate surface area is 192 Å². The van der Waals surface area contributed by atoms with Crippen molar-refractivity contribution in [3.63, 3.8) is 0 Å². The highest BCUT2D eigenvalue weighted by Gasteiger charge is 2.38. The molecule has 1 N–H and O–H groups in total. The topological polar surface area (TPSA) is 75.2 Å². The van der Waals surface area contributed by atoms with Crippen LogP contribution in [0.25, 0.3) is 0 Å². The molecule has 0 radical (unpaired) electrons. The maximum Gasteiger partial charge on any atom is 0.276 e. The van der Waals surface area contributed by atoms with E-state index in [4.69, 9.17) is 0 Å². The molecule has 6 nitrogen and oxygen atoms in total. The second-order valence-corrected chi connectivity index (χ2v) is 8.75. The summed E-state index contributed by atoms with van der Waals surface area (Å²) >= 11 is 1.15. The highest BCUT2D eigenvalue weighted by molar-refractivity contribution is 7.03. The highest BCUT2D eigenvalue weighted by atomic mass is 32.1. The Hall–Kier alpha value is -3.06. The van der Waals surface area contributed by atoms with Gasteiger partial charge in [0.2, 0.25) is 5.91 Å². The van der Waals surface area contributed by atoms with Crippen LogP contribution in [0, 0.1) is 0 Å². The van der Waals surface area contributed by atoms with Gasteiger partial charge in [-0.3, -0.25) is 9.59 Å². The number of aryl methyl sites for hydroxylation is 1. The largest absolute Gasteiger partial charge is 0.350 e. The summed E-state index contributed by atoms with van der Waals surface area (Å²) in [5.41, 5.74) is 3.33. The van der Waals surface area contributed by atoms with Gasteiger partial charge in [-0.15, -0.1) is 5.10 Å². The number of rotatable bonds is 8. The van der Waals surface area contributed by atoms with E-state index in [1.54, 1.807) is 10.3 Å². The van der Waals surface area contributed by atoms with Crippen LogP contribution in [0.2, 0.25) is 0 Å². The number of amides is 2. The van der Waals surface area contributed by atoms with Gasteiger partial charge in [0.05, 0.1) is 0 Å². The minimum absolute atomic E-state index is 0.00234. The lowest BCUT2D eigenvalue weighted by Crippen LogP contribution is -2.48. The summed E-state index contributed by atoms with van der Waals surface area (Å²) in [6, 6.07) is 17.1. The molecule has 0 saturated heterocycles. The molecule has 0 unspecified atom stereocenters. The van der Waals surface area contributed by atoms with Gasteiger partial charge in [-0.25, -0.2) is 0 Å². The van der Waals surface area contributed by atoms with Gasteiger partial charge in [-0.2, -0.15) is 0 Å². The van der Waals surface area contributed by atoms with E-state index in [-0.39, 0.29) is 17.9 Å². The van der Waals surface area contributed by atoms with E-state index in [9.17, 15) is 9.59 Å². The molecule has 0 bridgehead atoms. The summed E-state index contributed by atoms with van der Waals surface area (Å²) in [6.45, 7) is 2.51. The molecule has 166 valence electrons. The van der Waals surface area contributed by atoms with Gasteiger partial charge in [0.25, 0.3) is 5.91 Å². The van der Waals surface area contributed by atoms with Gasteiger partial charge in [-0.05, 0) is 47.5 Å². The van der Waals surface area contributed by atoms with E-state index < -0.39 is 6.04 Å². The molecular formula is C25H28N4O2S. The maximum atomic E-state index is 13.6. The van der Waals surface area contributed by atoms with Crippen LogP contribution in [0.1, 0.15) is 65.8 Å². The fourth-order valence-corrected chi connectivity index (χ4v) is 4.75. The number of hydrogen-bond acceptors (Lipinski definition) is 5. The Morgan fingerprint density at radius 3 is 2.41 bits per heavy atom. The maximum absolute atomic E-state index is 13.6. The summed E-state index contributed by atoms with van der Waals surface area (Å²) in [5.74, 6) is -0.411. The number of benzene rings is 2. The van der Waals surface area contributed by atoms with Crippen LogP contribution in [0.4, 0.5) is 0 Å². The second-order valence-electron chi connectivity index (χ2n) is 8.14. The minimum Gasteiger partial charge on any atom is -0.350 e. The molecule has 1 atom stereocenters. The third-order valence-corrected chi connectivity index (χ3v) is 6.58. The molecule has 2 aromatic carbocycles. The van der Waals surface area contributed by atoms with E-state index in [2.05, 4.69) is 21.8 Å². The van der Waals surface area contributed by atoms with Gasteiger partial charge < -0.3 is 10.2 Å². The third-order valence-electron chi connectivity index (χ3n) is 6.07. The SMILES string of the molecule is CCc1ccc([C@@H](C(=O)NCc2ccccc2)N(C(=O)c2csnn2)C2CCCC2)cc1. The Morgan fingerprint density at radius 2 is 1.78 bits per heavy atom. The molecule has 4 rings (SSSR count). The predicted octanol–water partition coefficient (Wildman–Crippen LogP) is 4.54. The fraction of sp³-hybridized carbons (Fsp3) is 0.360. The molecule has 7 heteroatoms. The zero-order valence-corrected chi connectivity index (χ0v) is 19.1. The number of nitrogens with one attached hydrogen (secondary N) is 1. The van der Waals surface area contributed by atoms with E-state index in [1.807, 2.05) is 54.6 Å². The van der Waals surface area contributed by atoms with Crippen molar-refractivity contribution in [1.82, 2.24) is 19.8 Å². The molecule has 1 heterocycles. The van der Waals surface area contributed by atoms with Crippen molar-refractivity contribution >= 4 is 23.3 Å². The quantitative estimate of drug-likeness (QED) is 0.549. The average molecular weight is 449 g/mol. The van der Waals surface area contributed by atoms with Gasteiger partial charge in [0, 0.05) is 18.0 Å². The van der Waals surface area contributed by atoms with Gasteiger partial charge in [0.1, 0.15) is 6.04 Å². The van der Waals surface area contributed by atoms with E-state index in [0.717, 1.165) is 54.8 Å². The molecule has 0 aliphatic heterocycles. The van der Waals surface area contributed by atoms with Crippen molar-refractivity contribution in [3.8, 4) is 0 Å². The van der Waals surface area contributed by atoms with Crippen LogP contribution in [-0.4, -0.2) is 32.3 Å². The van der Waals surface area contributed by atoms with Gasteiger partial charge >= 0.3 is 0 Å². The number of aromatic nitrogens is 2. The molecule has 32 heavy (non-hydrogen) atoms. The lowest BCUT2D eigenvalue weighted by molar-refractivity contribution is -0.126. The van der Waals surface area contributed by atoms with Crippen LogP contribution in [0.3, 0.4) is 0 Å². The third kappa shape index (κ3) is 5.05. The first-order chi connectivity index (χ1) is 15.7. The molecular weight excluding hydrogens is 420 g/mol. The number of carbonyl (C=O) groups is 2. The van der Waals surface area contributed by atoms with Crippen LogP contribution in [0.5, 0.6) is 0 Å². The molecule has 2 amide bonds. The van der Waals surface area contributed by atoms with Crippen molar-refractivity contribution in [2.24, 2.45) is 0 Å². The summed E-state index contributed by atoms with van der Waals surface area (Å²) in [5, 5.41) is 8.73. The van der Waals surface area contributed by atoms with Crippen molar-refractivity contribution in [3.05, 3.63) is 82.4 Å². The van der Waals surface area contributed by atoms with Crippen LogP contribution < -0.4 is 5.32 Å². The zero-order chi connectivity index (χ0) is 22.3. The first kappa shape index (κ1) is 22.1. The lowest BCUT2D eigenvalue weighted by Gasteiger charge is -2.35. The first-order valence-electron chi connectivity index (χ1n) is 11.2. The average Bonchev–Trinajstić information content (AvgIpc) is 3.56. The smallest absolute Gasteiger partial charge is 0.276 e. The van der Waals surface area contributed by atoms with Gasteiger partial charge in [-0.1, -0.05) is 78.9 Å². The second kappa shape index (κ2) is 10.5. The van der Waals surface area contributed by atoms with Crippen molar-refractivity contribution in [2.45, 2.75) is 57.7 Å². The summed E-state index contributed by atoms with van der Waals surface area (Å²) in [7, 11) is 0. The van der Waals surface area contributed by atoms with E-state index in [1.165, 1.54) is 5.56 Å². The Morgan fingerprint density at radius 1 is 1.06 bits per heavy atom. The van der Waals surface area contributed by atoms with Crippen LogP contribution in [-0.2, 0) is 17.8 Å². The monoisotopic (exact) mass is 448 g/mol. The molecule has 1 aliphatic carbocycles. The Balaban J connectivity index is 1.68. The molecule has 0 spiro atoms. The predicted molar refractivity (Wildman–Crippen MR) is 125 cm³/mol. The summed E-state index contributed by atoms with van der Waals surface area (Å²) in [4.78, 5) is 28.9. The normalized spacial score (nSPS) is 14.8. The first-order valence-corrected chi connectivity index (χ1v) is 12.0. The van der Waals surface area contributed by atoms with Crippen molar-refractivity contribution < 1.29 is 9.59 Å². The Kier molecular flexibility index (Phi) is 7.27. The fourth-order valence-electron chi connectivity index (χ4n) is 4.32. The molecule has 3 aromatic rings. The molecule has 1 aliphatic rings.